The summed E-state index contributed by atoms with van der Waals surface area (Å²) in [6.07, 6.45) is 3.26. The van der Waals surface area contributed by atoms with Crippen molar-refractivity contribution in [1.82, 2.24) is 15.6 Å². The highest BCUT2D eigenvalue weighted by Gasteiger charge is 2.05. The van der Waals surface area contributed by atoms with Crippen molar-refractivity contribution in [2.75, 3.05) is 11.5 Å². The zero-order chi connectivity index (χ0) is 11.1. The van der Waals surface area contributed by atoms with Crippen LogP contribution in [-0.4, -0.2) is 21.7 Å². The van der Waals surface area contributed by atoms with Gasteiger partial charge in [-0.15, -0.1) is 11.8 Å². The van der Waals surface area contributed by atoms with Crippen LogP contribution in [0.25, 0.3) is 0 Å². The lowest BCUT2D eigenvalue weighted by molar-refractivity contribution is -0.150. The maximum atomic E-state index is 10.9. The third-order valence-electron chi connectivity index (χ3n) is 1.41. The Bertz CT molecular complexity index is 335. The topological polar surface area (TPSA) is 116 Å². The van der Waals surface area contributed by atoms with E-state index in [-0.39, 0.29) is 6.42 Å². The van der Waals surface area contributed by atoms with Crippen LogP contribution in [0.1, 0.15) is 6.42 Å². The monoisotopic (exact) mass is 229 g/mol. The third-order valence-corrected chi connectivity index (χ3v) is 2.41. The molecule has 0 saturated carbocycles. The molecule has 0 saturated heterocycles. The second-order valence-corrected chi connectivity index (χ2v) is 3.52. The molecule has 0 bridgehead atoms. The van der Waals surface area contributed by atoms with Crippen LogP contribution >= 0.6 is 11.8 Å². The molecule has 0 aliphatic carbocycles. The van der Waals surface area contributed by atoms with Crippen LogP contribution in [0.15, 0.2) is 17.4 Å². The van der Waals surface area contributed by atoms with Gasteiger partial charge in [-0.1, -0.05) is 5.59 Å². The summed E-state index contributed by atoms with van der Waals surface area (Å²) in [6.45, 7) is 0. The van der Waals surface area contributed by atoms with Gasteiger partial charge in [0.2, 0.25) is 0 Å². The largest absolute Gasteiger partial charge is 0.381 e. The molecule has 1 heterocycles. The fourth-order valence-corrected chi connectivity index (χ4v) is 1.59. The van der Waals surface area contributed by atoms with Crippen LogP contribution in [0, 0.1) is 0 Å². The molecule has 82 valence electrons. The molecule has 1 aromatic heterocycles. The Hall–Kier alpha value is -1.38. The SMILES string of the molecule is NNOC(=O)CCSc1nccnc1N. The van der Waals surface area contributed by atoms with Gasteiger partial charge in [0.05, 0.1) is 6.42 Å². The van der Waals surface area contributed by atoms with Gasteiger partial charge in [0.15, 0.2) is 5.82 Å². The lowest BCUT2D eigenvalue weighted by Crippen LogP contribution is -2.26. The minimum absolute atomic E-state index is 0.213. The molecule has 0 aliphatic rings. The first-order chi connectivity index (χ1) is 7.24. The Balaban J connectivity index is 2.32. The van der Waals surface area contributed by atoms with Crippen molar-refractivity contribution in [2.45, 2.75) is 11.4 Å². The summed E-state index contributed by atoms with van der Waals surface area (Å²) in [5, 5.41) is 0.603. The number of hydrazine groups is 1. The van der Waals surface area contributed by atoms with Gasteiger partial charge in [-0.3, -0.25) is 4.79 Å². The molecule has 0 unspecified atom stereocenters. The van der Waals surface area contributed by atoms with Gasteiger partial charge in [0.1, 0.15) is 5.03 Å². The normalized spacial score (nSPS) is 9.93. The van der Waals surface area contributed by atoms with Crippen LogP contribution in [0.5, 0.6) is 0 Å². The van der Waals surface area contributed by atoms with E-state index in [1.165, 1.54) is 18.0 Å². The van der Waals surface area contributed by atoms with Gasteiger partial charge in [0, 0.05) is 18.1 Å². The van der Waals surface area contributed by atoms with E-state index in [4.69, 9.17) is 11.6 Å². The zero-order valence-corrected chi connectivity index (χ0v) is 8.66. The molecule has 8 heteroatoms. The smallest absolute Gasteiger partial charge is 0.327 e. The van der Waals surface area contributed by atoms with E-state index in [0.717, 1.165) is 0 Å². The Morgan fingerprint density at radius 2 is 2.27 bits per heavy atom. The van der Waals surface area contributed by atoms with E-state index in [1.807, 2.05) is 5.59 Å². The van der Waals surface area contributed by atoms with Crippen LogP contribution in [-0.2, 0) is 9.63 Å². The molecular formula is C7H11N5O2S. The highest BCUT2D eigenvalue weighted by atomic mass is 32.2. The Morgan fingerprint density at radius 3 is 2.93 bits per heavy atom. The van der Waals surface area contributed by atoms with E-state index in [1.54, 1.807) is 6.20 Å². The molecular weight excluding hydrogens is 218 g/mol. The predicted molar refractivity (Wildman–Crippen MR) is 55.2 cm³/mol. The molecule has 0 fully saturated rings. The summed E-state index contributed by atoms with van der Waals surface area (Å²) in [5.74, 6) is 5.21. The summed E-state index contributed by atoms with van der Waals surface area (Å²) in [6, 6.07) is 0. The van der Waals surface area contributed by atoms with Crippen molar-refractivity contribution in [2.24, 2.45) is 5.84 Å². The quantitative estimate of drug-likeness (QED) is 0.350. The molecule has 1 rings (SSSR count). The van der Waals surface area contributed by atoms with E-state index >= 15 is 0 Å². The molecule has 0 radical (unpaired) electrons. The van der Waals surface area contributed by atoms with Crippen LogP contribution in [0.2, 0.25) is 0 Å². The zero-order valence-electron chi connectivity index (χ0n) is 7.84. The van der Waals surface area contributed by atoms with Gasteiger partial charge in [-0.25, -0.2) is 15.8 Å². The van der Waals surface area contributed by atoms with Crippen molar-refractivity contribution >= 4 is 23.5 Å². The molecule has 0 aromatic carbocycles. The van der Waals surface area contributed by atoms with Crippen molar-refractivity contribution in [3.63, 3.8) is 0 Å². The van der Waals surface area contributed by atoms with Gasteiger partial charge in [0.25, 0.3) is 0 Å². The maximum absolute atomic E-state index is 10.9. The van der Waals surface area contributed by atoms with E-state index in [9.17, 15) is 4.79 Å². The molecule has 0 atom stereocenters. The molecule has 1 aromatic rings. The number of thioether (sulfide) groups is 1. The third kappa shape index (κ3) is 4.11. The Morgan fingerprint density at radius 1 is 1.53 bits per heavy atom. The molecule has 7 nitrogen and oxygen atoms in total. The van der Waals surface area contributed by atoms with Crippen LogP contribution in [0.3, 0.4) is 0 Å². The highest BCUT2D eigenvalue weighted by Crippen LogP contribution is 2.20. The first kappa shape index (κ1) is 11.7. The number of hydrogen-bond donors (Lipinski definition) is 3. The standard InChI is InChI=1S/C7H11N5O2S/c8-6-7(11-3-2-10-6)15-4-1-5(13)14-12-9/h2-3,12H,1,4,9H2,(H2,8,10). The van der Waals surface area contributed by atoms with Gasteiger partial charge in [-0.05, 0) is 0 Å². The number of carbonyl (C=O) groups excluding carboxylic acids is 1. The van der Waals surface area contributed by atoms with E-state index in [2.05, 4.69) is 14.8 Å². The van der Waals surface area contributed by atoms with Gasteiger partial charge >= 0.3 is 5.97 Å². The van der Waals surface area contributed by atoms with Crippen molar-refractivity contribution in [1.29, 1.82) is 0 Å². The van der Waals surface area contributed by atoms with E-state index in [0.29, 0.717) is 16.6 Å². The fourth-order valence-electron chi connectivity index (χ4n) is 0.795. The maximum Gasteiger partial charge on any atom is 0.327 e. The van der Waals surface area contributed by atoms with Crippen molar-refractivity contribution in [3.05, 3.63) is 12.4 Å². The lowest BCUT2D eigenvalue weighted by Gasteiger charge is -2.02. The lowest BCUT2D eigenvalue weighted by atomic mass is 10.5. The van der Waals surface area contributed by atoms with Crippen molar-refractivity contribution in [3.8, 4) is 0 Å². The second-order valence-electron chi connectivity index (χ2n) is 2.44. The molecule has 0 spiro atoms. The Labute approximate surface area is 90.5 Å². The van der Waals surface area contributed by atoms with Gasteiger partial charge in [-0.2, -0.15) is 0 Å². The predicted octanol–water partition coefficient (Wildman–Crippen LogP) is -0.538. The summed E-state index contributed by atoms with van der Waals surface area (Å²) < 4.78 is 0. The summed E-state index contributed by atoms with van der Waals surface area (Å²) >= 11 is 1.33. The highest BCUT2D eigenvalue weighted by molar-refractivity contribution is 7.99. The fraction of sp³-hybridized carbons (Fsp3) is 0.286. The minimum Gasteiger partial charge on any atom is -0.381 e. The average Bonchev–Trinajstić information content (AvgIpc) is 2.21. The van der Waals surface area contributed by atoms with E-state index < -0.39 is 5.97 Å². The number of carbonyl (C=O) groups is 1. The molecule has 15 heavy (non-hydrogen) atoms. The number of nitrogen functional groups attached to an aromatic ring is 1. The molecule has 5 N–H and O–H groups in total. The first-order valence-corrected chi connectivity index (χ1v) is 5.07. The molecule has 0 amide bonds. The molecule has 0 aliphatic heterocycles. The minimum atomic E-state index is -0.438. The summed E-state index contributed by atoms with van der Waals surface area (Å²) in [7, 11) is 0. The summed E-state index contributed by atoms with van der Waals surface area (Å²) in [5.41, 5.74) is 7.37. The average molecular weight is 229 g/mol. The second kappa shape index (κ2) is 6.17. The van der Waals surface area contributed by atoms with Crippen LogP contribution < -0.4 is 17.2 Å². The first-order valence-electron chi connectivity index (χ1n) is 4.08. The number of aromatic nitrogens is 2. The summed E-state index contributed by atoms with van der Waals surface area (Å²) in [4.78, 5) is 23.1. The van der Waals surface area contributed by atoms with Crippen LogP contribution in [0.4, 0.5) is 5.82 Å². The number of rotatable bonds is 5. The number of hydrogen-bond acceptors (Lipinski definition) is 8. The number of nitrogens with zero attached hydrogens (tertiary/aromatic N) is 2. The van der Waals surface area contributed by atoms with Gasteiger partial charge < -0.3 is 10.6 Å². The number of anilines is 1. The van der Waals surface area contributed by atoms with Crippen molar-refractivity contribution < 1.29 is 9.63 Å². The Kier molecular flexibility index (Phi) is 4.81. The number of nitrogens with two attached hydrogens (primary N) is 2. The number of nitrogens with one attached hydrogen (secondary N) is 1.